The number of anilines is 1. The molecule has 2 rings (SSSR count). The molecule has 0 saturated heterocycles. The lowest BCUT2D eigenvalue weighted by Gasteiger charge is -2.24. The van der Waals surface area contributed by atoms with Gasteiger partial charge in [-0.2, -0.15) is 8.42 Å². The van der Waals surface area contributed by atoms with E-state index >= 15 is 0 Å². The maximum Gasteiger partial charge on any atom is 0.311 e. The number of unbranched alkanes of at least 4 members (excludes halogenated alkanes) is 2. The molecule has 0 aromatic heterocycles. The van der Waals surface area contributed by atoms with E-state index in [0.29, 0.717) is 44.4 Å². The SMILES string of the molecule is CC(C)[C@H](NC(=O)CCCCCN1C(=O)C=CC1=O)C(=O)N[C@@H](C)C(=O)Nc1ccc(COC(=O)C(C)(C)C)c(CCCOCCCS(=O)(=O)O)c1. The quantitative estimate of drug-likeness (QED) is 0.0585. The second kappa shape index (κ2) is 20.8. The van der Waals surface area contributed by atoms with Crippen molar-refractivity contribution in [3.8, 4) is 0 Å². The zero-order valence-electron chi connectivity index (χ0n) is 31.0. The normalized spacial score (nSPS) is 14.3. The second-order valence-electron chi connectivity index (χ2n) is 14.1. The molecule has 0 saturated carbocycles. The average Bonchev–Trinajstić information content (AvgIpc) is 3.37. The smallest absolute Gasteiger partial charge is 0.311 e. The molecule has 0 fully saturated rings. The Morgan fingerprint density at radius 2 is 1.52 bits per heavy atom. The predicted octanol–water partition coefficient (Wildman–Crippen LogP) is 3.07. The number of nitrogens with zero attached hydrogens (tertiary/aromatic N) is 1. The second-order valence-corrected chi connectivity index (χ2v) is 15.7. The molecule has 1 aliphatic rings. The van der Waals surface area contributed by atoms with Gasteiger partial charge in [0.25, 0.3) is 21.9 Å². The lowest BCUT2D eigenvalue weighted by molar-refractivity contribution is -0.154. The molecule has 0 unspecified atom stereocenters. The Morgan fingerprint density at radius 3 is 2.13 bits per heavy atom. The molecular weight excluding hydrogens is 696 g/mol. The van der Waals surface area contributed by atoms with E-state index in [2.05, 4.69) is 16.0 Å². The van der Waals surface area contributed by atoms with Crippen LogP contribution in [0.5, 0.6) is 0 Å². The van der Waals surface area contributed by atoms with Crippen LogP contribution in [-0.2, 0) is 61.4 Å². The minimum Gasteiger partial charge on any atom is -0.460 e. The van der Waals surface area contributed by atoms with Gasteiger partial charge in [-0.3, -0.25) is 38.2 Å². The standard InChI is InChI=1S/C36H54N4O11S/c1-24(2)32(39-29(41)13-8-7-9-18-40-30(42)16-17-31(40)43)34(45)37-25(3)33(44)38-28-15-14-27(23-51-35(46)36(4,5)6)26(22-28)12-10-19-50-20-11-21-52(47,48)49/h14-17,22,24-25,32H,7-13,18-21,23H2,1-6H3,(H,37,45)(H,38,44)(H,39,41)(H,47,48,49)/t25-,32-/m0/s1. The summed E-state index contributed by atoms with van der Waals surface area (Å²) in [5, 5.41) is 8.22. The largest absolute Gasteiger partial charge is 0.460 e. The monoisotopic (exact) mass is 750 g/mol. The Morgan fingerprint density at radius 1 is 0.865 bits per heavy atom. The minimum atomic E-state index is -4.05. The third-order valence-corrected chi connectivity index (χ3v) is 8.88. The summed E-state index contributed by atoms with van der Waals surface area (Å²) in [7, 11) is -4.05. The number of nitrogens with one attached hydrogen (secondary N) is 3. The lowest BCUT2D eigenvalue weighted by Crippen LogP contribution is -2.53. The molecule has 1 heterocycles. The van der Waals surface area contributed by atoms with Crippen LogP contribution in [0.1, 0.15) is 91.2 Å². The predicted molar refractivity (Wildman–Crippen MR) is 193 cm³/mol. The number of carbonyl (C=O) groups excluding carboxylic acids is 6. The van der Waals surface area contributed by atoms with Crippen molar-refractivity contribution in [1.82, 2.24) is 15.5 Å². The zero-order valence-corrected chi connectivity index (χ0v) is 31.8. The average molecular weight is 751 g/mol. The Kier molecular flexibility index (Phi) is 17.6. The first-order valence-corrected chi connectivity index (χ1v) is 19.2. The summed E-state index contributed by atoms with van der Waals surface area (Å²) in [6.07, 6.45) is 5.46. The molecule has 2 atom stereocenters. The summed E-state index contributed by atoms with van der Waals surface area (Å²) < 4.78 is 41.6. The molecule has 1 aromatic carbocycles. The molecule has 0 radical (unpaired) electrons. The van der Waals surface area contributed by atoms with Crippen LogP contribution in [0.2, 0.25) is 0 Å². The number of hydrogen-bond donors (Lipinski definition) is 4. The fourth-order valence-corrected chi connectivity index (χ4v) is 5.51. The van der Waals surface area contributed by atoms with Crippen LogP contribution >= 0.6 is 0 Å². The van der Waals surface area contributed by atoms with Crippen LogP contribution in [0.3, 0.4) is 0 Å². The van der Waals surface area contributed by atoms with E-state index in [4.69, 9.17) is 14.0 Å². The molecule has 4 N–H and O–H groups in total. The summed E-state index contributed by atoms with van der Waals surface area (Å²) in [5.41, 5.74) is 1.27. The minimum absolute atomic E-state index is 0.0159. The maximum absolute atomic E-state index is 13.2. The molecular formula is C36H54N4O11S. The molecule has 15 nitrogen and oxygen atoms in total. The van der Waals surface area contributed by atoms with Crippen LogP contribution in [-0.4, -0.2) is 91.0 Å². The summed E-state index contributed by atoms with van der Waals surface area (Å²) in [6, 6.07) is 3.31. The highest BCUT2D eigenvalue weighted by atomic mass is 32.2. The van der Waals surface area contributed by atoms with Crippen molar-refractivity contribution in [2.75, 3.05) is 30.8 Å². The van der Waals surface area contributed by atoms with Crippen molar-refractivity contribution in [2.24, 2.45) is 11.3 Å². The summed E-state index contributed by atoms with van der Waals surface area (Å²) >= 11 is 0. The Balaban J connectivity index is 1.94. The highest BCUT2D eigenvalue weighted by Crippen LogP contribution is 2.22. The number of amides is 5. The molecule has 290 valence electrons. The summed E-state index contributed by atoms with van der Waals surface area (Å²) in [6.45, 7) is 11.1. The molecule has 0 bridgehead atoms. The van der Waals surface area contributed by atoms with E-state index < -0.39 is 45.2 Å². The van der Waals surface area contributed by atoms with Crippen molar-refractivity contribution in [3.05, 3.63) is 41.5 Å². The number of benzene rings is 1. The molecule has 16 heteroatoms. The van der Waals surface area contributed by atoms with Crippen LogP contribution in [0.15, 0.2) is 30.4 Å². The van der Waals surface area contributed by atoms with Gasteiger partial charge in [-0.1, -0.05) is 26.3 Å². The first kappa shape index (κ1) is 44.0. The van der Waals surface area contributed by atoms with E-state index in [1.165, 1.54) is 19.1 Å². The van der Waals surface area contributed by atoms with Crippen LogP contribution < -0.4 is 16.0 Å². The lowest BCUT2D eigenvalue weighted by atomic mass is 9.97. The van der Waals surface area contributed by atoms with Crippen LogP contribution in [0, 0.1) is 11.3 Å². The van der Waals surface area contributed by atoms with Crippen LogP contribution in [0.25, 0.3) is 0 Å². The number of imide groups is 1. The van der Waals surface area contributed by atoms with Crippen molar-refractivity contribution in [1.29, 1.82) is 0 Å². The zero-order chi connectivity index (χ0) is 39.1. The van der Waals surface area contributed by atoms with E-state index in [1.807, 2.05) is 0 Å². The van der Waals surface area contributed by atoms with Gasteiger partial charge in [0, 0.05) is 44.0 Å². The molecule has 1 aromatic rings. The third kappa shape index (κ3) is 16.0. The molecule has 52 heavy (non-hydrogen) atoms. The number of rotatable bonds is 22. The van der Waals surface area contributed by atoms with Crippen molar-refractivity contribution in [3.63, 3.8) is 0 Å². The number of esters is 1. The summed E-state index contributed by atoms with van der Waals surface area (Å²) in [4.78, 5) is 75.8. The van der Waals surface area contributed by atoms with Gasteiger partial charge in [0.2, 0.25) is 17.7 Å². The number of carbonyl (C=O) groups is 6. The van der Waals surface area contributed by atoms with Gasteiger partial charge >= 0.3 is 5.97 Å². The molecule has 0 spiro atoms. The van der Waals surface area contributed by atoms with Gasteiger partial charge in [-0.15, -0.1) is 0 Å². The van der Waals surface area contributed by atoms with Gasteiger partial charge in [-0.05, 0) is 89.0 Å². The number of ether oxygens (including phenoxy) is 2. The van der Waals surface area contributed by atoms with Crippen LogP contribution in [0.4, 0.5) is 5.69 Å². The van der Waals surface area contributed by atoms with Gasteiger partial charge in [0.15, 0.2) is 0 Å². The third-order valence-electron chi connectivity index (χ3n) is 8.07. The topological polar surface area (TPSA) is 215 Å². The van der Waals surface area contributed by atoms with Gasteiger partial charge < -0.3 is 25.4 Å². The van der Waals surface area contributed by atoms with Gasteiger partial charge in [0.1, 0.15) is 18.7 Å². The fourth-order valence-electron chi connectivity index (χ4n) is 5.03. The number of aryl methyl sites for hydroxylation is 1. The van der Waals surface area contributed by atoms with Crippen molar-refractivity contribution in [2.45, 2.75) is 105 Å². The van der Waals surface area contributed by atoms with Gasteiger partial charge in [-0.25, -0.2) is 0 Å². The Bertz CT molecular complexity index is 1550. The Hall–Kier alpha value is -4.15. The Labute approximate surface area is 306 Å². The molecule has 5 amide bonds. The molecule has 1 aliphatic heterocycles. The fraction of sp³-hybridized carbons (Fsp3) is 0.611. The van der Waals surface area contributed by atoms with Crippen molar-refractivity contribution < 1.29 is 51.2 Å². The maximum atomic E-state index is 13.2. The first-order chi connectivity index (χ1) is 24.3. The summed E-state index contributed by atoms with van der Waals surface area (Å²) in [5.74, 6) is -3.06. The van der Waals surface area contributed by atoms with E-state index in [-0.39, 0.29) is 62.2 Å². The van der Waals surface area contributed by atoms with Gasteiger partial charge in [0.05, 0.1) is 11.2 Å². The van der Waals surface area contributed by atoms with E-state index in [0.717, 1.165) is 16.0 Å². The highest BCUT2D eigenvalue weighted by Gasteiger charge is 2.28. The van der Waals surface area contributed by atoms with E-state index in [9.17, 15) is 37.2 Å². The number of hydrogen-bond acceptors (Lipinski definition) is 10. The highest BCUT2D eigenvalue weighted by molar-refractivity contribution is 7.85. The molecule has 0 aliphatic carbocycles. The van der Waals surface area contributed by atoms with Crippen molar-refractivity contribution >= 4 is 51.3 Å². The first-order valence-electron chi connectivity index (χ1n) is 17.5. The van der Waals surface area contributed by atoms with E-state index in [1.54, 1.807) is 52.8 Å².